The minimum absolute atomic E-state index is 0.0242. The molecule has 0 aliphatic carbocycles. The number of anilines is 1. The molecule has 5 nitrogen and oxygen atoms in total. The molecule has 0 atom stereocenters. The summed E-state index contributed by atoms with van der Waals surface area (Å²) in [6.07, 6.45) is 3.34. The maximum atomic E-state index is 12.3. The van der Waals surface area contributed by atoms with Gasteiger partial charge in [0.05, 0.1) is 5.75 Å². The molecule has 0 aliphatic heterocycles. The Labute approximate surface area is 180 Å². The van der Waals surface area contributed by atoms with Crippen LogP contribution in [0.3, 0.4) is 0 Å². The van der Waals surface area contributed by atoms with E-state index in [1.165, 1.54) is 17.3 Å². The summed E-state index contributed by atoms with van der Waals surface area (Å²) in [5.41, 5.74) is 3.41. The average Bonchev–Trinajstić information content (AvgIpc) is 2.72. The number of hydrogen-bond acceptors (Lipinski definition) is 6. The molecule has 29 heavy (non-hydrogen) atoms. The Morgan fingerprint density at radius 3 is 2.45 bits per heavy atom. The highest BCUT2D eigenvalue weighted by molar-refractivity contribution is 8.02. The number of rotatable bonds is 8. The van der Waals surface area contributed by atoms with E-state index in [0.29, 0.717) is 12.3 Å². The van der Waals surface area contributed by atoms with E-state index in [1.807, 2.05) is 49.3 Å². The van der Waals surface area contributed by atoms with Gasteiger partial charge in [0.15, 0.2) is 0 Å². The van der Waals surface area contributed by atoms with Crippen molar-refractivity contribution in [3.63, 3.8) is 0 Å². The molecule has 0 aliphatic rings. The van der Waals surface area contributed by atoms with Crippen molar-refractivity contribution >= 4 is 35.1 Å². The predicted octanol–water partition coefficient (Wildman–Crippen LogP) is 4.41. The molecule has 1 heterocycles. The first-order valence-corrected chi connectivity index (χ1v) is 11.0. The standard InChI is InChI=1S/C22H24N4OS2/c1-16-5-4-6-19(13-16)29-22-21(23-11-12-24-22)28-15-20(27)25-14-17-7-9-18(10-8-17)26(2)3/h4-13H,14-15H2,1-3H3,(H,25,27). The topological polar surface area (TPSA) is 58.1 Å². The Morgan fingerprint density at radius 1 is 1.03 bits per heavy atom. The van der Waals surface area contributed by atoms with Crippen molar-refractivity contribution in [3.05, 3.63) is 72.1 Å². The van der Waals surface area contributed by atoms with E-state index in [0.717, 1.165) is 26.2 Å². The Kier molecular flexibility index (Phi) is 7.55. The number of carbonyl (C=O) groups excluding carboxylic acids is 1. The highest BCUT2D eigenvalue weighted by Gasteiger charge is 2.11. The first-order valence-electron chi connectivity index (χ1n) is 9.22. The number of nitrogens with one attached hydrogen (secondary N) is 1. The van der Waals surface area contributed by atoms with Gasteiger partial charge in [-0.1, -0.05) is 53.4 Å². The van der Waals surface area contributed by atoms with E-state index < -0.39 is 0 Å². The van der Waals surface area contributed by atoms with Crippen LogP contribution in [0.2, 0.25) is 0 Å². The van der Waals surface area contributed by atoms with Gasteiger partial charge in [-0.05, 0) is 36.8 Å². The maximum absolute atomic E-state index is 12.3. The Hall–Kier alpha value is -2.51. The molecule has 0 saturated carbocycles. The van der Waals surface area contributed by atoms with Gasteiger partial charge in [-0.25, -0.2) is 9.97 Å². The molecule has 150 valence electrons. The number of hydrogen-bond donors (Lipinski definition) is 1. The van der Waals surface area contributed by atoms with E-state index >= 15 is 0 Å². The largest absolute Gasteiger partial charge is 0.378 e. The van der Waals surface area contributed by atoms with E-state index in [9.17, 15) is 4.79 Å². The third-order valence-electron chi connectivity index (χ3n) is 4.12. The summed E-state index contributed by atoms with van der Waals surface area (Å²) in [7, 11) is 4.01. The Morgan fingerprint density at radius 2 is 1.76 bits per heavy atom. The van der Waals surface area contributed by atoms with Gasteiger partial charge in [-0.15, -0.1) is 0 Å². The summed E-state index contributed by atoms with van der Waals surface area (Å²) in [4.78, 5) is 24.3. The van der Waals surface area contributed by atoms with Crippen molar-refractivity contribution in [2.24, 2.45) is 0 Å². The van der Waals surface area contributed by atoms with Crippen molar-refractivity contribution in [1.29, 1.82) is 0 Å². The number of aromatic nitrogens is 2. The minimum atomic E-state index is -0.0242. The van der Waals surface area contributed by atoms with E-state index in [-0.39, 0.29) is 5.91 Å². The quantitative estimate of drug-likeness (QED) is 0.541. The molecular formula is C22H24N4OS2. The van der Waals surface area contributed by atoms with Crippen LogP contribution in [0, 0.1) is 6.92 Å². The molecule has 0 spiro atoms. The SMILES string of the molecule is Cc1cccc(Sc2nccnc2SCC(=O)NCc2ccc(N(C)C)cc2)c1. The highest BCUT2D eigenvalue weighted by atomic mass is 32.2. The number of aryl methyl sites for hydroxylation is 1. The van der Waals surface area contributed by atoms with Crippen LogP contribution in [0.15, 0.2) is 75.9 Å². The Bertz CT molecular complexity index is 961. The molecule has 0 unspecified atom stereocenters. The van der Waals surface area contributed by atoms with E-state index in [4.69, 9.17) is 0 Å². The number of thioether (sulfide) groups is 1. The second kappa shape index (κ2) is 10.3. The molecule has 0 bridgehead atoms. The second-order valence-electron chi connectivity index (χ2n) is 6.71. The summed E-state index contributed by atoms with van der Waals surface area (Å²) < 4.78 is 0. The van der Waals surface area contributed by atoms with Crippen molar-refractivity contribution < 1.29 is 4.79 Å². The third kappa shape index (κ3) is 6.51. The maximum Gasteiger partial charge on any atom is 0.230 e. The normalized spacial score (nSPS) is 10.6. The predicted molar refractivity (Wildman–Crippen MR) is 121 cm³/mol. The summed E-state index contributed by atoms with van der Waals surface area (Å²) in [6, 6.07) is 16.4. The van der Waals surface area contributed by atoms with Crippen molar-refractivity contribution in [2.75, 3.05) is 24.7 Å². The highest BCUT2D eigenvalue weighted by Crippen LogP contribution is 2.32. The van der Waals surface area contributed by atoms with Gasteiger partial charge in [0.1, 0.15) is 10.1 Å². The van der Waals surface area contributed by atoms with Gasteiger partial charge in [0, 0.05) is 43.6 Å². The first kappa shape index (κ1) is 21.2. The molecule has 0 radical (unpaired) electrons. The zero-order valence-corrected chi connectivity index (χ0v) is 18.4. The summed E-state index contributed by atoms with van der Waals surface area (Å²) >= 11 is 2.97. The fourth-order valence-corrected chi connectivity index (χ4v) is 4.42. The van der Waals surface area contributed by atoms with Gasteiger partial charge in [-0.3, -0.25) is 4.79 Å². The van der Waals surface area contributed by atoms with Crippen molar-refractivity contribution in [2.45, 2.75) is 28.4 Å². The fourth-order valence-electron chi connectivity index (χ4n) is 2.57. The number of amides is 1. The van der Waals surface area contributed by atoms with Crippen LogP contribution in [0.4, 0.5) is 5.69 Å². The zero-order valence-electron chi connectivity index (χ0n) is 16.8. The number of carbonyl (C=O) groups is 1. The summed E-state index contributed by atoms with van der Waals surface area (Å²) in [5.74, 6) is 0.277. The molecule has 3 aromatic rings. The van der Waals surface area contributed by atoms with E-state index in [2.05, 4.69) is 40.4 Å². The van der Waals surface area contributed by atoms with E-state index in [1.54, 1.807) is 24.2 Å². The van der Waals surface area contributed by atoms with Crippen molar-refractivity contribution in [1.82, 2.24) is 15.3 Å². The van der Waals surface area contributed by atoms with Crippen LogP contribution in [-0.2, 0) is 11.3 Å². The third-order valence-corrected chi connectivity index (χ3v) is 6.21. The van der Waals surface area contributed by atoms with Gasteiger partial charge in [0.25, 0.3) is 0 Å². The average molecular weight is 425 g/mol. The molecule has 0 saturated heterocycles. The lowest BCUT2D eigenvalue weighted by molar-refractivity contribution is -0.118. The van der Waals surface area contributed by atoms with Crippen LogP contribution < -0.4 is 10.2 Å². The lowest BCUT2D eigenvalue weighted by Gasteiger charge is -2.13. The van der Waals surface area contributed by atoms with Crippen LogP contribution in [0.25, 0.3) is 0 Å². The Balaban J connectivity index is 1.53. The fraction of sp³-hybridized carbons (Fsp3) is 0.227. The molecule has 2 aromatic carbocycles. The van der Waals surface area contributed by atoms with Gasteiger partial charge in [-0.2, -0.15) is 0 Å². The zero-order chi connectivity index (χ0) is 20.6. The van der Waals surface area contributed by atoms with Crippen LogP contribution in [0.5, 0.6) is 0 Å². The minimum Gasteiger partial charge on any atom is -0.378 e. The molecular weight excluding hydrogens is 400 g/mol. The number of benzene rings is 2. The lowest BCUT2D eigenvalue weighted by atomic mass is 10.2. The molecule has 1 aromatic heterocycles. The summed E-state index contributed by atoms with van der Waals surface area (Å²) in [6.45, 7) is 2.58. The van der Waals surface area contributed by atoms with Crippen LogP contribution in [-0.4, -0.2) is 35.7 Å². The molecule has 7 heteroatoms. The monoisotopic (exact) mass is 424 g/mol. The summed E-state index contributed by atoms with van der Waals surface area (Å²) in [5, 5.41) is 4.55. The van der Waals surface area contributed by atoms with Crippen LogP contribution >= 0.6 is 23.5 Å². The second-order valence-corrected chi connectivity index (χ2v) is 8.74. The molecule has 0 fully saturated rings. The number of nitrogens with zero attached hydrogens (tertiary/aromatic N) is 3. The molecule has 3 rings (SSSR count). The van der Waals surface area contributed by atoms with Gasteiger partial charge < -0.3 is 10.2 Å². The first-order chi connectivity index (χ1) is 14.0. The lowest BCUT2D eigenvalue weighted by Crippen LogP contribution is -2.24. The smallest absolute Gasteiger partial charge is 0.230 e. The van der Waals surface area contributed by atoms with Gasteiger partial charge >= 0.3 is 0 Å². The molecule has 1 N–H and O–H groups in total. The van der Waals surface area contributed by atoms with Gasteiger partial charge in [0.2, 0.25) is 5.91 Å². The van der Waals surface area contributed by atoms with Crippen LogP contribution in [0.1, 0.15) is 11.1 Å². The van der Waals surface area contributed by atoms with Crippen molar-refractivity contribution in [3.8, 4) is 0 Å². The molecule has 1 amide bonds.